The van der Waals surface area contributed by atoms with Crippen LogP contribution in [0.3, 0.4) is 0 Å². The molecule has 0 amide bonds. The Balaban J connectivity index is 2.41. The van der Waals surface area contributed by atoms with Crippen molar-refractivity contribution in [2.24, 2.45) is 0 Å². The van der Waals surface area contributed by atoms with Crippen LogP contribution in [0.15, 0.2) is 53.7 Å². The number of anilines is 1. The molecule has 0 spiro atoms. The molecule has 0 aliphatic heterocycles. The highest BCUT2D eigenvalue weighted by Gasteiger charge is 2.21. The fraction of sp³-hybridized carbons (Fsp3) is 0.267. The van der Waals surface area contributed by atoms with Crippen LogP contribution in [0.1, 0.15) is 26.3 Å². The van der Waals surface area contributed by atoms with Gasteiger partial charge in [0.05, 0.1) is 16.8 Å². The van der Waals surface area contributed by atoms with E-state index in [1.165, 1.54) is 0 Å². The molecule has 2 rings (SSSR count). The summed E-state index contributed by atoms with van der Waals surface area (Å²) in [4.78, 5) is 4.25. The molecule has 1 aromatic heterocycles. The quantitative estimate of drug-likeness (QED) is 0.944. The first-order valence-electron chi connectivity index (χ1n) is 6.33. The monoisotopic (exact) mass is 290 g/mol. The number of hydrogen-bond donors (Lipinski definition) is 1. The van der Waals surface area contributed by atoms with E-state index in [4.69, 9.17) is 0 Å². The van der Waals surface area contributed by atoms with Crippen molar-refractivity contribution in [1.82, 2.24) is 4.98 Å². The lowest BCUT2D eigenvalue weighted by molar-refractivity contribution is 0.589. The summed E-state index contributed by atoms with van der Waals surface area (Å²) in [7, 11) is -3.59. The Labute approximate surface area is 119 Å². The number of rotatable bonds is 3. The van der Waals surface area contributed by atoms with E-state index in [1.54, 1.807) is 42.7 Å². The van der Waals surface area contributed by atoms with Crippen molar-refractivity contribution in [3.8, 4) is 0 Å². The molecule has 0 aliphatic rings. The molecule has 0 bridgehead atoms. The van der Waals surface area contributed by atoms with Crippen molar-refractivity contribution < 1.29 is 8.42 Å². The van der Waals surface area contributed by atoms with Crippen LogP contribution in [0.2, 0.25) is 0 Å². The second-order valence-corrected chi connectivity index (χ2v) is 7.27. The van der Waals surface area contributed by atoms with Gasteiger partial charge in [0.25, 0.3) is 10.0 Å². The number of nitrogens with zero attached hydrogens (tertiary/aromatic N) is 1. The number of aromatic nitrogens is 1. The van der Waals surface area contributed by atoms with Crippen LogP contribution >= 0.6 is 0 Å². The summed E-state index contributed by atoms with van der Waals surface area (Å²) in [5.41, 5.74) is 1.26. The average Bonchev–Trinajstić information content (AvgIpc) is 2.39. The minimum absolute atomic E-state index is 0.169. The standard InChI is InChI=1S/C15H18N2O2S/c1-15(2,3)13-9-10-16-11-14(13)17-20(18,19)12-7-5-4-6-8-12/h4-11,17H,1-3H3. The van der Waals surface area contributed by atoms with E-state index < -0.39 is 10.0 Å². The van der Waals surface area contributed by atoms with Gasteiger partial charge in [0.1, 0.15) is 0 Å². The second kappa shape index (κ2) is 5.25. The Morgan fingerprint density at radius 1 is 1.05 bits per heavy atom. The molecule has 1 heterocycles. The van der Waals surface area contributed by atoms with Crippen molar-refractivity contribution in [3.63, 3.8) is 0 Å². The summed E-state index contributed by atoms with van der Waals surface area (Å²) in [5.74, 6) is 0. The van der Waals surface area contributed by atoms with E-state index in [9.17, 15) is 8.42 Å². The number of benzene rings is 1. The van der Waals surface area contributed by atoms with E-state index in [0.717, 1.165) is 5.56 Å². The summed E-state index contributed by atoms with van der Waals surface area (Å²) in [6, 6.07) is 10.1. The van der Waals surface area contributed by atoms with E-state index in [-0.39, 0.29) is 10.3 Å². The van der Waals surface area contributed by atoms with Crippen molar-refractivity contribution in [3.05, 3.63) is 54.4 Å². The van der Waals surface area contributed by atoms with Gasteiger partial charge in [0, 0.05) is 6.20 Å². The largest absolute Gasteiger partial charge is 0.278 e. The number of pyridine rings is 1. The molecular weight excluding hydrogens is 272 g/mol. The highest BCUT2D eigenvalue weighted by Crippen LogP contribution is 2.29. The van der Waals surface area contributed by atoms with Crippen LogP contribution in [0.4, 0.5) is 5.69 Å². The highest BCUT2D eigenvalue weighted by atomic mass is 32.2. The maximum atomic E-state index is 12.3. The normalized spacial score (nSPS) is 12.2. The Morgan fingerprint density at radius 3 is 2.30 bits per heavy atom. The molecule has 0 atom stereocenters. The summed E-state index contributed by atoms with van der Waals surface area (Å²) in [6.45, 7) is 6.09. The molecule has 2 aromatic rings. The predicted molar refractivity (Wildman–Crippen MR) is 80.2 cm³/mol. The number of sulfonamides is 1. The predicted octanol–water partition coefficient (Wildman–Crippen LogP) is 3.18. The van der Waals surface area contributed by atoms with Crippen molar-refractivity contribution in [2.45, 2.75) is 31.1 Å². The Morgan fingerprint density at radius 2 is 1.70 bits per heavy atom. The van der Waals surface area contributed by atoms with Gasteiger partial charge in [-0.05, 0) is 29.2 Å². The first-order chi connectivity index (χ1) is 9.31. The second-order valence-electron chi connectivity index (χ2n) is 5.59. The van der Waals surface area contributed by atoms with Gasteiger partial charge in [-0.2, -0.15) is 0 Å². The zero-order valence-electron chi connectivity index (χ0n) is 11.8. The van der Waals surface area contributed by atoms with Gasteiger partial charge in [0.2, 0.25) is 0 Å². The van der Waals surface area contributed by atoms with Crippen molar-refractivity contribution in [1.29, 1.82) is 0 Å². The lowest BCUT2D eigenvalue weighted by Gasteiger charge is -2.22. The molecule has 0 saturated carbocycles. The molecule has 0 fully saturated rings. The van der Waals surface area contributed by atoms with Gasteiger partial charge in [-0.1, -0.05) is 39.0 Å². The van der Waals surface area contributed by atoms with Crippen molar-refractivity contribution in [2.75, 3.05) is 4.72 Å². The Hall–Kier alpha value is -1.88. The lowest BCUT2D eigenvalue weighted by Crippen LogP contribution is -2.19. The van der Waals surface area contributed by atoms with Crippen LogP contribution < -0.4 is 4.72 Å². The van der Waals surface area contributed by atoms with Gasteiger partial charge in [0.15, 0.2) is 0 Å². The first-order valence-corrected chi connectivity index (χ1v) is 7.81. The third-order valence-electron chi connectivity index (χ3n) is 2.93. The highest BCUT2D eigenvalue weighted by molar-refractivity contribution is 7.92. The maximum absolute atomic E-state index is 12.3. The van der Waals surface area contributed by atoms with E-state index in [0.29, 0.717) is 5.69 Å². The SMILES string of the molecule is CC(C)(C)c1ccncc1NS(=O)(=O)c1ccccc1. The molecule has 0 aliphatic carbocycles. The molecule has 5 heteroatoms. The Bertz CT molecular complexity index is 689. The van der Waals surface area contributed by atoms with Crippen LogP contribution in [0.25, 0.3) is 0 Å². The summed E-state index contributed by atoms with van der Waals surface area (Å²) in [5, 5.41) is 0. The lowest BCUT2D eigenvalue weighted by atomic mass is 9.87. The van der Waals surface area contributed by atoms with Crippen molar-refractivity contribution >= 4 is 15.7 Å². The molecule has 1 aromatic carbocycles. The van der Waals surface area contributed by atoms with Crippen LogP contribution in [0, 0.1) is 0 Å². The first kappa shape index (κ1) is 14.5. The molecule has 20 heavy (non-hydrogen) atoms. The maximum Gasteiger partial charge on any atom is 0.261 e. The average molecular weight is 290 g/mol. The number of hydrogen-bond acceptors (Lipinski definition) is 3. The zero-order valence-corrected chi connectivity index (χ0v) is 12.6. The summed E-state index contributed by atoms with van der Waals surface area (Å²) >= 11 is 0. The summed E-state index contributed by atoms with van der Waals surface area (Å²) < 4.78 is 27.3. The molecule has 106 valence electrons. The van der Waals surface area contributed by atoms with E-state index >= 15 is 0 Å². The van der Waals surface area contributed by atoms with Gasteiger partial charge >= 0.3 is 0 Å². The zero-order chi connectivity index (χ0) is 14.8. The van der Waals surface area contributed by atoms with E-state index in [1.807, 2.05) is 26.8 Å². The number of nitrogens with one attached hydrogen (secondary N) is 1. The van der Waals surface area contributed by atoms with Gasteiger partial charge in [-0.15, -0.1) is 0 Å². The smallest absolute Gasteiger partial charge is 0.261 e. The van der Waals surface area contributed by atoms with Crippen LogP contribution in [-0.4, -0.2) is 13.4 Å². The fourth-order valence-corrected chi connectivity index (χ4v) is 3.02. The molecule has 1 N–H and O–H groups in total. The van der Waals surface area contributed by atoms with Gasteiger partial charge < -0.3 is 0 Å². The van der Waals surface area contributed by atoms with Crippen LogP contribution in [-0.2, 0) is 15.4 Å². The van der Waals surface area contributed by atoms with E-state index in [2.05, 4.69) is 9.71 Å². The third-order valence-corrected chi connectivity index (χ3v) is 4.31. The van der Waals surface area contributed by atoms with Gasteiger partial charge in [-0.25, -0.2) is 8.42 Å². The van der Waals surface area contributed by atoms with Crippen LogP contribution in [0.5, 0.6) is 0 Å². The molecule has 0 radical (unpaired) electrons. The minimum Gasteiger partial charge on any atom is -0.278 e. The van der Waals surface area contributed by atoms with Gasteiger partial charge in [-0.3, -0.25) is 9.71 Å². The third kappa shape index (κ3) is 3.17. The fourth-order valence-electron chi connectivity index (χ4n) is 1.93. The molecule has 0 unspecified atom stereocenters. The Kier molecular flexibility index (Phi) is 3.81. The topological polar surface area (TPSA) is 59.1 Å². The molecular formula is C15H18N2O2S. The molecule has 0 saturated heterocycles. The minimum atomic E-state index is -3.59. The summed E-state index contributed by atoms with van der Waals surface area (Å²) in [6.07, 6.45) is 3.21. The molecule has 4 nitrogen and oxygen atoms in total.